The molecular weight excluding hydrogens is 221 g/mol. The van der Waals surface area contributed by atoms with E-state index in [1.807, 2.05) is 0 Å². The summed E-state index contributed by atoms with van der Waals surface area (Å²) in [6, 6.07) is -0.892. The molecule has 6 nitrogen and oxygen atoms in total. The molecule has 0 aromatic heterocycles. The van der Waals surface area contributed by atoms with Crippen LogP contribution >= 0.6 is 7.60 Å². The Morgan fingerprint density at radius 2 is 1.87 bits per heavy atom. The quantitative estimate of drug-likeness (QED) is 0.498. The van der Waals surface area contributed by atoms with Gasteiger partial charge in [0.15, 0.2) is 0 Å². The van der Waals surface area contributed by atoms with E-state index in [2.05, 4.69) is 0 Å². The summed E-state index contributed by atoms with van der Waals surface area (Å²) in [6.07, 6.45) is 1.49. The monoisotopic (exact) mass is 235 g/mol. The maximum atomic E-state index is 10.8. The normalized spacial score (nSPS) is 40.2. The van der Waals surface area contributed by atoms with Crippen LogP contribution in [0, 0.1) is 10.8 Å². The zero-order valence-corrected chi connectivity index (χ0v) is 8.98. The smallest absolute Gasteiger partial charge is 0.326 e. The van der Waals surface area contributed by atoms with Crippen molar-refractivity contribution in [1.29, 1.82) is 0 Å². The second-order valence-corrected chi connectivity index (χ2v) is 6.68. The second-order valence-electron chi connectivity index (χ2n) is 5.03. The lowest BCUT2D eigenvalue weighted by Gasteiger charge is -2.72. The van der Waals surface area contributed by atoms with Gasteiger partial charge in [-0.05, 0) is 30.1 Å². The lowest BCUT2D eigenvalue weighted by molar-refractivity contribution is -0.209. The number of nitrogens with two attached hydrogens (primary N) is 1. The molecule has 0 amide bonds. The Kier molecular flexibility index (Phi) is 2.09. The number of carboxylic acids is 1. The van der Waals surface area contributed by atoms with Gasteiger partial charge in [-0.15, -0.1) is 0 Å². The first-order valence-electron chi connectivity index (χ1n) is 4.71. The number of hydrogen-bond acceptors (Lipinski definition) is 3. The third-order valence-electron chi connectivity index (χ3n) is 3.65. The highest BCUT2D eigenvalue weighted by Gasteiger charge is 2.72. The molecule has 3 rings (SSSR count). The van der Waals surface area contributed by atoms with E-state index in [9.17, 15) is 9.36 Å². The average molecular weight is 235 g/mol. The van der Waals surface area contributed by atoms with Crippen LogP contribution < -0.4 is 5.73 Å². The number of carbonyl (C=O) groups is 1. The SMILES string of the molecule is N[C@H](C(=O)O)C12CC(CP(=O)(O)O)(C1)C2. The fourth-order valence-electron chi connectivity index (χ4n) is 3.28. The first-order chi connectivity index (χ1) is 6.68. The molecule has 0 saturated heterocycles. The highest BCUT2D eigenvalue weighted by atomic mass is 31.2. The van der Waals surface area contributed by atoms with Crippen molar-refractivity contribution in [2.24, 2.45) is 16.6 Å². The fraction of sp³-hybridized carbons (Fsp3) is 0.875. The molecule has 15 heavy (non-hydrogen) atoms. The number of hydrogen-bond donors (Lipinski definition) is 4. The number of aliphatic carboxylic acids is 1. The van der Waals surface area contributed by atoms with Crippen molar-refractivity contribution in [3.05, 3.63) is 0 Å². The summed E-state index contributed by atoms with van der Waals surface area (Å²) in [4.78, 5) is 28.4. The highest BCUT2D eigenvalue weighted by Crippen LogP contribution is 2.76. The predicted molar refractivity (Wildman–Crippen MR) is 51.2 cm³/mol. The zero-order valence-electron chi connectivity index (χ0n) is 8.09. The summed E-state index contributed by atoms with van der Waals surface area (Å²) in [7, 11) is -3.99. The molecule has 0 aromatic rings. The third kappa shape index (κ3) is 1.61. The van der Waals surface area contributed by atoms with Crippen LogP contribution in [0.1, 0.15) is 19.3 Å². The molecule has 1 atom stereocenters. The molecule has 0 radical (unpaired) electrons. The second kappa shape index (κ2) is 2.83. The predicted octanol–water partition coefficient (Wildman–Crippen LogP) is -0.254. The molecule has 0 heterocycles. The number of rotatable bonds is 4. The van der Waals surface area contributed by atoms with Crippen molar-refractivity contribution in [3.8, 4) is 0 Å². The molecule has 0 spiro atoms. The Labute approximate surface area is 86.6 Å². The van der Waals surface area contributed by atoms with E-state index in [-0.39, 0.29) is 17.0 Å². The van der Waals surface area contributed by atoms with Gasteiger partial charge in [-0.25, -0.2) is 0 Å². The maximum Gasteiger partial charge on any atom is 0.326 e. The Hall–Kier alpha value is -0.420. The van der Waals surface area contributed by atoms with Crippen molar-refractivity contribution in [1.82, 2.24) is 0 Å². The number of carboxylic acid groups (broad SMARTS) is 1. The van der Waals surface area contributed by atoms with E-state index in [1.54, 1.807) is 0 Å². The first-order valence-corrected chi connectivity index (χ1v) is 6.51. The standard InChI is InChI=1S/C8H14NO5P/c9-5(6(10)11)8-1-7(2-8,3-8)4-15(12,13)14/h5H,1-4,9H2,(H,10,11)(H2,12,13,14)/t5-,7?,8?/m1/s1. The van der Waals surface area contributed by atoms with Crippen molar-refractivity contribution >= 4 is 13.6 Å². The molecule has 2 bridgehead atoms. The topological polar surface area (TPSA) is 121 Å². The van der Waals surface area contributed by atoms with Crippen molar-refractivity contribution in [3.63, 3.8) is 0 Å². The van der Waals surface area contributed by atoms with E-state index < -0.39 is 19.6 Å². The average Bonchev–Trinajstić information content (AvgIpc) is 1.90. The van der Waals surface area contributed by atoms with Crippen molar-refractivity contribution in [2.75, 3.05) is 6.16 Å². The third-order valence-corrected chi connectivity index (χ3v) is 4.73. The molecule has 3 fully saturated rings. The molecule has 86 valence electrons. The molecule has 5 N–H and O–H groups in total. The molecule has 7 heteroatoms. The summed E-state index contributed by atoms with van der Waals surface area (Å²) in [5.41, 5.74) is 4.81. The van der Waals surface area contributed by atoms with Gasteiger partial charge in [0, 0.05) is 0 Å². The Morgan fingerprint density at radius 1 is 1.40 bits per heavy atom. The van der Waals surface area contributed by atoms with Gasteiger partial charge in [0.25, 0.3) is 0 Å². The lowest BCUT2D eigenvalue weighted by atomic mass is 9.34. The van der Waals surface area contributed by atoms with Gasteiger partial charge >= 0.3 is 13.6 Å². The van der Waals surface area contributed by atoms with E-state index in [1.165, 1.54) is 0 Å². The van der Waals surface area contributed by atoms with Crippen LogP contribution in [0.4, 0.5) is 0 Å². The van der Waals surface area contributed by atoms with Crippen LogP contribution in [0.5, 0.6) is 0 Å². The molecule has 3 saturated carbocycles. The van der Waals surface area contributed by atoms with Crippen molar-refractivity contribution in [2.45, 2.75) is 25.3 Å². The summed E-state index contributed by atoms with van der Waals surface area (Å²) in [6.45, 7) is 0. The highest BCUT2D eigenvalue weighted by molar-refractivity contribution is 7.51. The van der Waals surface area contributed by atoms with Gasteiger partial charge in [-0.2, -0.15) is 0 Å². The van der Waals surface area contributed by atoms with Gasteiger partial charge in [0.2, 0.25) is 0 Å². The minimum atomic E-state index is -3.99. The van der Waals surface area contributed by atoms with Gasteiger partial charge < -0.3 is 20.6 Å². The van der Waals surface area contributed by atoms with Crippen LogP contribution in [0.15, 0.2) is 0 Å². The van der Waals surface area contributed by atoms with Gasteiger partial charge in [-0.3, -0.25) is 9.36 Å². The molecule has 0 aliphatic heterocycles. The minimum absolute atomic E-state index is 0.131. The Balaban J connectivity index is 1.96. The first kappa shape index (κ1) is 11.1. The molecule has 3 aliphatic carbocycles. The van der Waals surface area contributed by atoms with Gasteiger partial charge in [0.1, 0.15) is 6.04 Å². The van der Waals surface area contributed by atoms with E-state index in [0.717, 1.165) is 0 Å². The molecule has 3 aliphatic rings. The van der Waals surface area contributed by atoms with E-state index in [0.29, 0.717) is 19.3 Å². The van der Waals surface area contributed by atoms with Crippen LogP contribution in [-0.4, -0.2) is 33.1 Å². The lowest BCUT2D eigenvalue weighted by Crippen LogP contribution is -2.71. The Bertz CT molecular complexity index is 342. The molecule has 0 unspecified atom stereocenters. The summed E-state index contributed by atoms with van der Waals surface area (Å²) >= 11 is 0. The zero-order chi connectivity index (χ0) is 11.5. The van der Waals surface area contributed by atoms with Gasteiger partial charge in [0.05, 0.1) is 6.16 Å². The largest absolute Gasteiger partial charge is 0.480 e. The fourth-order valence-corrected chi connectivity index (χ4v) is 4.49. The molecule has 0 aromatic carbocycles. The minimum Gasteiger partial charge on any atom is -0.480 e. The summed E-state index contributed by atoms with van der Waals surface area (Å²) < 4.78 is 10.8. The van der Waals surface area contributed by atoms with Crippen LogP contribution in [0.2, 0.25) is 0 Å². The van der Waals surface area contributed by atoms with Gasteiger partial charge in [-0.1, -0.05) is 0 Å². The Morgan fingerprint density at radius 3 is 2.20 bits per heavy atom. The van der Waals surface area contributed by atoms with E-state index in [4.69, 9.17) is 20.6 Å². The van der Waals surface area contributed by atoms with E-state index >= 15 is 0 Å². The van der Waals surface area contributed by atoms with Crippen molar-refractivity contribution < 1.29 is 24.3 Å². The summed E-state index contributed by atoms with van der Waals surface area (Å²) in [5, 5.41) is 8.75. The maximum absolute atomic E-state index is 10.8. The molecular formula is C8H14NO5P. The summed E-state index contributed by atoms with van der Waals surface area (Å²) in [5.74, 6) is -1.03. The van der Waals surface area contributed by atoms with Crippen LogP contribution in [0.3, 0.4) is 0 Å². The van der Waals surface area contributed by atoms with Crippen LogP contribution in [0.25, 0.3) is 0 Å². The van der Waals surface area contributed by atoms with Crippen LogP contribution in [-0.2, 0) is 9.36 Å².